The lowest BCUT2D eigenvalue weighted by Gasteiger charge is -2.32. The molecule has 0 bridgehead atoms. The number of rotatable bonds is 6. The second-order valence-corrected chi connectivity index (χ2v) is 8.87. The van der Waals surface area contributed by atoms with Gasteiger partial charge in [-0.25, -0.2) is 13.2 Å². The first-order chi connectivity index (χ1) is 13.9. The van der Waals surface area contributed by atoms with Crippen LogP contribution < -0.4 is 5.32 Å². The van der Waals surface area contributed by atoms with E-state index in [2.05, 4.69) is 5.32 Å². The van der Waals surface area contributed by atoms with Crippen molar-refractivity contribution in [3.63, 3.8) is 0 Å². The number of nitrogens with one attached hydrogen (secondary N) is 1. The smallest absolute Gasteiger partial charge is 0.338 e. The Morgan fingerprint density at radius 2 is 1.76 bits per heavy atom. The maximum atomic E-state index is 12.8. The van der Waals surface area contributed by atoms with Crippen molar-refractivity contribution in [3.8, 4) is 0 Å². The summed E-state index contributed by atoms with van der Waals surface area (Å²) in [5, 5.41) is 2.62. The van der Waals surface area contributed by atoms with Gasteiger partial charge in [-0.15, -0.1) is 0 Å². The number of carbonyl (C=O) groups is 2. The van der Waals surface area contributed by atoms with Gasteiger partial charge in [0.15, 0.2) is 6.61 Å². The molecule has 7 nitrogen and oxygen atoms in total. The highest BCUT2D eigenvalue weighted by atomic mass is 32.2. The summed E-state index contributed by atoms with van der Waals surface area (Å²) in [5.41, 5.74) is 0.790. The third kappa shape index (κ3) is 5.21. The highest BCUT2D eigenvalue weighted by Crippen LogP contribution is 2.25. The van der Waals surface area contributed by atoms with Gasteiger partial charge in [-0.1, -0.05) is 24.6 Å². The number of esters is 1. The van der Waals surface area contributed by atoms with Crippen LogP contribution >= 0.6 is 0 Å². The molecule has 1 aliphatic rings. The molecule has 2 aromatic carbocycles. The van der Waals surface area contributed by atoms with E-state index in [1.54, 1.807) is 24.3 Å². The van der Waals surface area contributed by atoms with Gasteiger partial charge in [0.1, 0.15) is 0 Å². The lowest BCUT2D eigenvalue weighted by molar-refractivity contribution is -0.119. The zero-order valence-electron chi connectivity index (χ0n) is 16.2. The van der Waals surface area contributed by atoms with Crippen molar-refractivity contribution >= 4 is 27.6 Å². The number of carbonyl (C=O) groups excluding carboxylic acids is 2. The fourth-order valence-corrected chi connectivity index (χ4v) is 4.96. The Kier molecular flexibility index (Phi) is 6.66. The fraction of sp³-hybridized carbons (Fsp3) is 0.333. The van der Waals surface area contributed by atoms with Crippen LogP contribution in [0.4, 0.5) is 5.69 Å². The van der Waals surface area contributed by atoms with Crippen LogP contribution in [-0.4, -0.2) is 43.8 Å². The molecule has 0 aromatic heterocycles. The number of anilines is 1. The zero-order chi connectivity index (χ0) is 20.9. The normalized spacial score (nSPS) is 17.5. The molecular formula is C21H24N2O5S. The van der Waals surface area contributed by atoms with E-state index in [0.29, 0.717) is 12.2 Å². The first-order valence-electron chi connectivity index (χ1n) is 9.52. The minimum Gasteiger partial charge on any atom is -0.452 e. The summed E-state index contributed by atoms with van der Waals surface area (Å²) >= 11 is 0. The van der Waals surface area contributed by atoms with Gasteiger partial charge in [0.05, 0.1) is 10.5 Å². The van der Waals surface area contributed by atoms with Crippen LogP contribution in [-0.2, 0) is 19.6 Å². The average molecular weight is 416 g/mol. The predicted molar refractivity (Wildman–Crippen MR) is 109 cm³/mol. The third-order valence-electron chi connectivity index (χ3n) is 4.83. The van der Waals surface area contributed by atoms with Crippen LogP contribution in [0.25, 0.3) is 0 Å². The van der Waals surface area contributed by atoms with Crippen molar-refractivity contribution in [2.45, 2.75) is 37.1 Å². The largest absolute Gasteiger partial charge is 0.452 e. The number of nitrogens with zero attached hydrogens (tertiary/aromatic N) is 1. The molecule has 29 heavy (non-hydrogen) atoms. The molecular weight excluding hydrogens is 392 g/mol. The number of sulfonamides is 1. The summed E-state index contributed by atoms with van der Waals surface area (Å²) in [6.45, 7) is 1.98. The highest BCUT2D eigenvalue weighted by Gasteiger charge is 2.30. The Morgan fingerprint density at radius 1 is 1.07 bits per heavy atom. The minimum atomic E-state index is -3.60. The van der Waals surface area contributed by atoms with E-state index < -0.39 is 28.5 Å². The molecule has 1 amide bonds. The van der Waals surface area contributed by atoms with Crippen LogP contribution in [0.2, 0.25) is 0 Å². The first kappa shape index (κ1) is 21.0. The second kappa shape index (κ2) is 9.19. The molecule has 0 radical (unpaired) electrons. The van der Waals surface area contributed by atoms with Crippen molar-refractivity contribution in [2.24, 2.45) is 0 Å². The summed E-state index contributed by atoms with van der Waals surface area (Å²) in [6.07, 6.45) is 2.71. The molecule has 0 spiro atoms. The molecule has 1 heterocycles. The summed E-state index contributed by atoms with van der Waals surface area (Å²) in [4.78, 5) is 24.2. The molecule has 8 heteroatoms. The highest BCUT2D eigenvalue weighted by molar-refractivity contribution is 7.89. The number of para-hydroxylation sites is 1. The Morgan fingerprint density at radius 3 is 2.41 bits per heavy atom. The van der Waals surface area contributed by atoms with E-state index >= 15 is 0 Å². The van der Waals surface area contributed by atoms with Crippen LogP contribution in [0.3, 0.4) is 0 Å². The summed E-state index contributed by atoms with van der Waals surface area (Å²) in [5.74, 6) is -1.15. The number of piperidine rings is 1. The van der Waals surface area contributed by atoms with Crippen molar-refractivity contribution in [1.29, 1.82) is 0 Å². The van der Waals surface area contributed by atoms with Crippen molar-refractivity contribution < 1.29 is 22.7 Å². The topological polar surface area (TPSA) is 92.8 Å². The minimum absolute atomic E-state index is 0.0403. The lowest BCUT2D eigenvalue weighted by Crippen LogP contribution is -2.41. The molecule has 0 aliphatic carbocycles. The van der Waals surface area contributed by atoms with Crippen molar-refractivity contribution in [3.05, 3.63) is 60.2 Å². The van der Waals surface area contributed by atoms with E-state index in [1.807, 2.05) is 13.0 Å². The van der Waals surface area contributed by atoms with Gasteiger partial charge in [-0.3, -0.25) is 4.79 Å². The number of ether oxygens (including phenoxy) is 1. The van der Waals surface area contributed by atoms with E-state index in [9.17, 15) is 18.0 Å². The Hall–Kier alpha value is -2.71. The van der Waals surface area contributed by atoms with Gasteiger partial charge in [0.25, 0.3) is 5.91 Å². The van der Waals surface area contributed by atoms with E-state index in [0.717, 1.165) is 19.3 Å². The summed E-state index contributed by atoms with van der Waals surface area (Å²) in [7, 11) is -3.60. The maximum absolute atomic E-state index is 12.8. The zero-order valence-corrected chi connectivity index (χ0v) is 17.0. The standard InChI is InChI=1S/C21H24N2O5S/c1-16-7-5-6-14-23(16)29(26,27)19-12-10-17(11-13-19)21(25)28-15-20(24)22-18-8-3-2-4-9-18/h2-4,8-13,16H,5-7,14-15H2,1H3,(H,22,24)/t16-/m1/s1. The molecule has 0 unspecified atom stereocenters. The summed E-state index contributed by atoms with van der Waals surface area (Å²) in [6, 6.07) is 14.4. The van der Waals surface area contributed by atoms with Crippen LogP contribution in [0, 0.1) is 0 Å². The lowest BCUT2D eigenvalue weighted by atomic mass is 10.1. The summed E-state index contributed by atoms with van der Waals surface area (Å²) < 4.78 is 32.2. The van der Waals surface area contributed by atoms with E-state index in [4.69, 9.17) is 4.74 Å². The fourth-order valence-electron chi connectivity index (χ4n) is 3.26. The van der Waals surface area contributed by atoms with Gasteiger partial charge in [0, 0.05) is 18.3 Å². The van der Waals surface area contributed by atoms with Gasteiger partial charge in [-0.05, 0) is 56.2 Å². The SMILES string of the molecule is C[C@@H]1CCCCN1S(=O)(=O)c1ccc(C(=O)OCC(=O)Nc2ccccc2)cc1. The Balaban J connectivity index is 1.59. The maximum Gasteiger partial charge on any atom is 0.338 e. The molecule has 0 saturated carbocycles. The van der Waals surface area contributed by atoms with Crippen LogP contribution in [0.5, 0.6) is 0 Å². The molecule has 3 rings (SSSR count). The van der Waals surface area contributed by atoms with Gasteiger partial charge in [0.2, 0.25) is 10.0 Å². The van der Waals surface area contributed by atoms with E-state index in [-0.39, 0.29) is 16.5 Å². The monoisotopic (exact) mass is 416 g/mol. The van der Waals surface area contributed by atoms with Gasteiger partial charge in [-0.2, -0.15) is 4.31 Å². The molecule has 1 fully saturated rings. The van der Waals surface area contributed by atoms with Crippen LogP contribution in [0.1, 0.15) is 36.5 Å². The van der Waals surface area contributed by atoms with E-state index in [1.165, 1.54) is 28.6 Å². The molecule has 1 atom stereocenters. The molecule has 1 aliphatic heterocycles. The van der Waals surface area contributed by atoms with Gasteiger partial charge < -0.3 is 10.1 Å². The number of hydrogen-bond acceptors (Lipinski definition) is 5. The number of amides is 1. The Labute approximate surface area is 170 Å². The molecule has 2 aromatic rings. The third-order valence-corrected chi connectivity index (χ3v) is 6.86. The average Bonchev–Trinajstić information content (AvgIpc) is 2.73. The quantitative estimate of drug-likeness (QED) is 0.731. The predicted octanol–water partition coefficient (Wildman–Crippen LogP) is 3.05. The molecule has 1 N–H and O–H groups in total. The van der Waals surface area contributed by atoms with Crippen LogP contribution in [0.15, 0.2) is 59.5 Å². The molecule has 154 valence electrons. The number of benzene rings is 2. The molecule has 1 saturated heterocycles. The van der Waals surface area contributed by atoms with Crippen molar-refractivity contribution in [1.82, 2.24) is 4.31 Å². The first-order valence-corrected chi connectivity index (χ1v) is 11.0. The second-order valence-electron chi connectivity index (χ2n) is 6.98. The number of hydrogen-bond donors (Lipinski definition) is 1. The van der Waals surface area contributed by atoms with Crippen molar-refractivity contribution in [2.75, 3.05) is 18.5 Å². The van der Waals surface area contributed by atoms with Gasteiger partial charge >= 0.3 is 5.97 Å². The Bertz CT molecular complexity index is 958.